The number of amides is 1. The second-order valence-electron chi connectivity index (χ2n) is 6.29. The van der Waals surface area contributed by atoms with Crippen LogP contribution in [0.2, 0.25) is 0 Å². The van der Waals surface area contributed by atoms with Crippen LogP contribution in [0.1, 0.15) is 46.1 Å². The summed E-state index contributed by atoms with van der Waals surface area (Å²) in [6, 6.07) is 8.58. The van der Waals surface area contributed by atoms with E-state index in [1.54, 1.807) is 31.2 Å². The van der Waals surface area contributed by atoms with Crippen LogP contribution in [0.15, 0.2) is 24.3 Å². The van der Waals surface area contributed by atoms with Crippen molar-refractivity contribution in [3.63, 3.8) is 0 Å². The molecule has 0 radical (unpaired) electrons. The second-order valence-corrected chi connectivity index (χ2v) is 7.40. The van der Waals surface area contributed by atoms with Crippen molar-refractivity contribution in [2.24, 2.45) is 0 Å². The number of carbonyl (C=O) groups excluding carboxylic acids is 2. The van der Waals surface area contributed by atoms with Gasteiger partial charge in [0.25, 0.3) is 5.91 Å². The lowest BCUT2D eigenvalue weighted by atomic mass is 9.95. The molecule has 1 aromatic heterocycles. The van der Waals surface area contributed by atoms with Gasteiger partial charge in [-0.1, -0.05) is 0 Å². The maximum atomic E-state index is 12.6. The molecule has 0 saturated heterocycles. The van der Waals surface area contributed by atoms with Gasteiger partial charge in [-0.15, -0.1) is 11.3 Å². The average Bonchev–Trinajstić information content (AvgIpc) is 3.05. The summed E-state index contributed by atoms with van der Waals surface area (Å²) in [6.07, 6.45) is 3.09. The molecule has 27 heavy (non-hydrogen) atoms. The Hall–Kier alpha value is -2.85. The highest BCUT2D eigenvalue weighted by molar-refractivity contribution is 7.17. The molecule has 0 saturated carbocycles. The van der Waals surface area contributed by atoms with Gasteiger partial charge in [-0.25, -0.2) is 4.79 Å². The first kappa shape index (κ1) is 18.9. The number of anilines is 1. The number of aryl methyl sites for hydroxylation is 1. The molecule has 1 aliphatic carbocycles. The molecule has 140 valence electrons. The smallest absolute Gasteiger partial charge is 0.341 e. The lowest BCUT2D eigenvalue weighted by molar-refractivity contribution is -0.122. The Morgan fingerprint density at radius 3 is 2.59 bits per heavy atom. The summed E-state index contributed by atoms with van der Waals surface area (Å²) >= 11 is 1.44. The van der Waals surface area contributed by atoms with Crippen molar-refractivity contribution in [2.75, 3.05) is 12.4 Å². The Labute approximate surface area is 161 Å². The van der Waals surface area contributed by atoms with Gasteiger partial charge in [0, 0.05) is 4.88 Å². The Bertz CT molecular complexity index is 896. The molecule has 3 rings (SSSR count). The molecule has 1 heterocycles. The molecule has 1 N–H and O–H groups in total. The third-order valence-corrected chi connectivity index (χ3v) is 5.67. The number of methoxy groups -OCH3 is 1. The first-order chi connectivity index (χ1) is 13.0. The van der Waals surface area contributed by atoms with Crippen LogP contribution < -0.4 is 10.1 Å². The number of rotatable bonds is 5. The van der Waals surface area contributed by atoms with Crippen LogP contribution in [0.3, 0.4) is 0 Å². The highest BCUT2D eigenvalue weighted by atomic mass is 32.1. The number of hydrogen-bond donors (Lipinski definition) is 1. The second kappa shape index (κ2) is 8.23. The molecule has 1 aromatic carbocycles. The molecule has 1 atom stereocenters. The molecule has 6 nitrogen and oxygen atoms in total. The zero-order valence-electron chi connectivity index (χ0n) is 15.2. The maximum absolute atomic E-state index is 12.6. The van der Waals surface area contributed by atoms with Gasteiger partial charge in [-0.3, -0.25) is 4.79 Å². The molecule has 0 fully saturated rings. The summed E-state index contributed by atoms with van der Waals surface area (Å²) in [7, 11) is 1.34. The quantitative estimate of drug-likeness (QED) is 0.794. The van der Waals surface area contributed by atoms with E-state index >= 15 is 0 Å². The Morgan fingerprint density at radius 2 is 1.93 bits per heavy atom. The minimum atomic E-state index is -0.762. The fourth-order valence-corrected chi connectivity index (χ4v) is 4.33. The lowest BCUT2D eigenvalue weighted by Crippen LogP contribution is -2.30. The van der Waals surface area contributed by atoms with Crippen LogP contribution in [-0.2, 0) is 22.4 Å². The summed E-state index contributed by atoms with van der Waals surface area (Å²) in [5.74, 6) is -0.274. The molecule has 7 heteroatoms. The van der Waals surface area contributed by atoms with Gasteiger partial charge < -0.3 is 14.8 Å². The third-order valence-electron chi connectivity index (χ3n) is 4.46. The normalized spacial score (nSPS) is 13.8. The van der Waals surface area contributed by atoms with E-state index in [1.807, 2.05) is 6.07 Å². The highest BCUT2D eigenvalue weighted by Crippen LogP contribution is 2.38. The summed E-state index contributed by atoms with van der Waals surface area (Å²) in [4.78, 5) is 26.0. The predicted molar refractivity (Wildman–Crippen MR) is 102 cm³/mol. The number of esters is 1. The Morgan fingerprint density at radius 1 is 1.22 bits per heavy atom. The number of fused-ring (bicyclic) bond motifs is 1. The van der Waals surface area contributed by atoms with E-state index in [2.05, 4.69) is 5.32 Å². The molecule has 2 aromatic rings. The summed E-state index contributed by atoms with van der Waals surface area (Å²) in [6.45, 7) is 1.64. The topological polar surface area (TPSA) is 88.4 Å². The molecule has 0 spiro atoms. The molecular formula is C20H20N2O4S. The van der Waals surface area contributed by atoms with E-state index in [0.717, 1.165) is 36.1 Å². The van der Waals surface area contributed by atoms with E-state index in [-0.39, 0.29) is 5.91 Å². The van der Waals surface area contributed by atoms with Gasteiger partial charge in [0.05, 0.1) is 24.3 Å². The molecular weight excluding hydrogens is 364 g/mol. The zero-order valence-corrected chi connectivity index (χ0v) is 16.0. The molecule has 1 aliphatic rings. The van der Waals surface area contributed by atoms with Crippen molar-refractivity contribution >= 4 is 28.2 Å². The molecule has 1 amide bonds. The van der Waals surface area contributed by atoms with Crippen molar-refractivity contribution in [3.05, 3.63) is 45.8 Å². The minimum Gasteiger partial charge on any atom is -0.481 e. The third kappa shape index (κ3) is 4.12. The van der Waals surface area contributed by atoms with Gasteiger partial charge in [0.15, 0.2) is 6.10 Å². The van der Waals surface area contributed by atoms with Crippen molar-refractivity contribution < 1.29 is 19.1 Å². The largest absolute Gasteiger partial charge is 0.481 e. The average molecular weight is 384 g/mol. The van der Waals surface area contributed by atoms with Crippen molar-refractivity contribution in [1.29, 1.82) is 5.26 Å². The zero-order chi connectivity index (χ0) is 19.4. The fraction of sp³-hybridized carbons (Fsp3) is 0.350. The number of thiophene rings is 1. The van der Waals surface area contributed by atoms with Gasteiger partial charge in [-0.2, -0.15) is 5.26 Å². The predicted octanol–water partition coefficient (Wildman–Crippen LogP) is 3.69. The van der Waals surface area contributed by atoms with Crippen LogP contribution >= 0.6 is 11.3 Å². The van der Waals surface area contributed by atoms with Crippen molar-refractivity contribution in [1.82, 2.24) is 0 Å². The van der Waals surface area contributed by atoms with Crippen molar-refractivity contribution in [3.8, 4) is 11.8 Å². The van der Waals surface area contributed by atoms with Crippen LogP contribution in [0.25, 0.3) is 0 Å². The number of carbonyl (C=O) groups is 2. The highest BCUT2D eigenvalue weighted by Gasteiger charge is 2.28. The van der Waals surface area contributed by atoms with Gasteiger partial charge >= 0.3 is 5.97 Å². The van der Waals surface area contributed by atoms with Crippen LogP contribution in [-0.4, -0.2) is 25.1 Å². The van der Waals surface area contributed by atoms with Crippen LogP contribution in [0.4, 0.5) is 5.00 Å². The van der Waals surface area contributed by atoms with Crippen LogP contribution in [0.5, 0.6) is 5.75 Å². The number of ether oxygens (including phenoxy) is 2. The van der Waals surface area contributed by atoms with E-state index < -0.39 is 12.1 Å². The first-order valence-corrected chi connectivity index (χ1v) is 9.55. The Kier molecular flexibility index (Phi) is 5.77. The van der Waals surface area contributed by atoms with Gasteiger partial charge in [-0.05, 0) is 62.4 Å². The van der Waals surface area contributed by atoms with E-state index in [0.29, 0.717) is 21.9 Å². The monoisotopic (exact) mass is 384 g/mol. The summed E-state index contributed by atoms with van der Waals surface area (Å²) < 4.78 is 10.6. The van der Waals surface area contributed by atoms with Gasteiger partial charge in [0.2, 0.25) is 0 Å². The number of nitriles is 1. The SMILES string of the molecule is COC(=O)c1c(NC(=O)[C@H](C)Oc2ccc(C#N)cc2)sc2c1CCCC2. The summed E-state index contributed by atoms with van der Waals surface area (Å²) in [5, 5.41) is 12.2. The van der Waals surface area contributed by atoms with Gasteiger partial charge in [0.1, 0.15) is 10.8 Å². The minimum absolute atomic E-state index is 0.344. The maximum Gasteiger partial charge on any atom is 0.341 e. The number of hydrogen-bond acceptors (Lipinski definition) is 6. The fourth-order valence-electron chi connectivity index (χ4n) is 3.05. The standard InChI is InChI=1S/C20H20N2O4S/c1-12(26-14-9-7-13(11-21)8-10-14)18(23)22-19-17(20(24)25-2)15-5-3-4-6-16(15)27-19/h7-10,12H,3-6H2,1-2H3,(H,22,23)/t12-/m0/s1. The van der Waals surface area contributed by atoms with E-state index in [1.165, 1.54) is 18.4 Å². The number of nitrogens with one attached hydrogen (secondary N) is 1. The first-order valence-electron chi connectivity index (χ1n) is 8.74. The number of nitrogens with zero attached hydrogens (tertiary/aromatic N) is 1. The lowest BCUT2D eigenvalue weighted by Gasteiger charge is -2.15. The number of benzene rings is 1. The van der Waals surface area contributed by atoms with E-state index in [9.17, 15) is 9.59 Å². The van der Waals surface area contributed by atoms with Crippen molar-refractivity contribution in [2.45, 2.75) is 38.7 Å². The van der Waals surface area contributed by atoms with E-state index in [4.69, 9.17) is 14.7 Å². The molecule has 0 unspecified atom stereocenters. The Balaban J connectivity index is 1.75. The van der Waals surface area contributed by atoms with Crippen LogP contribution in [0, 0.1) is 11.3 Å². The molecule has 0 bridgehead atoms. The molecule has 0 aliphatic heterocycles. The summed E-state index contributed by atoms with van der Waals surface area (Å²) in [5.41, 5.74) is 1.98.